The van der Waals surface area contributed by atoms with E-state index in [1.165, 1.54) is 20.3 Å². The minimum absolute atomic E-state index is 0.0112. The Labute approximate surface area is 292 Å². The van der Waals surface area contributed by atoms with Crippen LogP contribution in [0.5, 0.6) is 17.2 Å². The molecule has 2 heterocycles. The topological polar surface area (TPSA) is 164 Å². The van der Waals surface area contributed by atoms with E-state index >= 15 is 4.39 Å². The van der Waals surface area contributed by atoms with E-state index in [1.54, 1.807) is 30.9 Å². The van der Waals surface area contributed by atoms with Gasteiger partial charge in [-0.3, -0.25) is 19.2 Å². The Morgan fingerprint density at radius 1 is 1.04 bits per heavy atom. The fourth-order valence-corrected chi connectivity index (χ4v) is 6.82. The molecule has 0 aliphatic carbocycles. The number of nitrogens with two attached hydrogens (primary N) is 1. The van der Waals surface area contributed by atoms with Gasteiger partial charge in [0.25, 0.3) is 0 Å². The van der Waals surface area contributed by atoms with Gasteiger partial charge < -0.3 is 39.4 Å². The summed E-state index contributed by atoms with van der Waals surface area (Å²) in [4.78, 5) is 51.1. The van der Waals surface area contributed by atoms with Gasteiger partial charge in [0.15, 0.2) is 23.1 Å². The minimum Gasteiger partial charge on any atom is -0.496 e. The second kappa shape index (κ2) is 17.1. The molecular weight excluding hydrogens is 683 g/mol. The zero-order chi connectivity index (χ0) is 35.8. The number of ketones is 1. The predicted octanol–water partition coefficient (Wildman–Crippen LogP) is 5.25. The maximum Gasteiger partial charge on any atom is 0.306 e. The average Bonchev–Trinajstić information content (AvgIpc) is 3.72. The zero-order valence-electron chi connectivity index (χ0n) is 27.8. The molecule has 1 aromatic heterocycles. The first-order chi connectivity index (χ1) is 23.4. The van der Waals surface area contributed by atoms with E-state index in [0.717, 1.165) is 16.9 Å². The van der Waals surface area contributed by atoms with Gasteiger partial charge in [-0.25, -0.2) is 4.39 Å². The highest BCUT2D eigenvalue weighted by Gasteiger charge is 2.31. The third kappa shape index (κ3) is 8.98. The van der Waals surface area contributed by atoms with Crippen molar-refractivity contribution >= 4 is 56.7 Å². The first-order valence-corrected chi connectivity index (χ1v) is 17.0. The van der Waals surface area contributed by atoms with E-state index in [0.29, 0.717) is 21.6 Å². The smallest absolute Gasteiger partial charge is 0.306 e. The van der Waals surface area contributed by atoms with Crippen LogP contribution in [-0.4, -0.2) is 73.7 Å². The van der Waals surface area contributed by atoms with Gasteiger partial charge in [-0.1, -0.05) is 11.6 Å². The number of Topliss-reactive ketones (excluding diaryl/α,β-unsaturated/α-hetero) is 1. The number of benzene rings is 2. The van der Waals surface area contributed by atoms with Crippen LogP contribution in [0, 0.1) is 5.82 Å². The third-order valence-corrected chi connectivity index (χ3v) is 9.51. The van der Waals surface area contributed by atoms with E-state index in [1.807, 2.05) is 0 Å². The molecular formula is C34H40ClFN2O10S. The molecule has 0 saturated carbocycles. The van der Waals surface area contributed by atoms with Gasteiger partial charge in [0, 0.05) is 60.6 Å². The lowest BCUT2D eigenvalue weighted by Crippen LogP contribution is -2.27. The van der Waals surface area contributed by atoms with Crippen molar-refractivity contribution in [3.05, 3.63) is 50.6 Å². The number of esters is 2. The maximum atomic E-state index is 15.7. The number of rotatable bonds is 17. The van der Waals surface area contributed by atoms with Gasteiger partial charge in [-0.2, -0.15) is 0 Å². The van der Waals surface area contributed by atoms with Crippen molar-refractivity contribution in [1.29, 1.82) is 0 Å². The number of amides is 1. The molecule has 1 unspecified atom stereocenters. The molecule has 3 aromatic rings. The van der Waals surface area contributed by atoms with Crippen molar-refractivity contribution in [2.45, 2.75) is 71.2 Å². The molecule has 3 N–H and O–H groups in total. The van der Waals surface area contributed by atoms with Crippen LogP contribution in [0.1, 0.15) is 78.4 Å². The Kier molecular flexibility index (Phi) is 13.2. The van der Waals surface area contributed by atoms with Crippen molar-refractivity contribution in [2.75, 3.05) is 34.0 Å². The Bertz CT molecular complexity index is 1710. The summed E-state index contributed by atoms with van der Waals surface area (Å²) in [5.41, 5.74) is 7.17. The number of carbonyl (C=O) groups is 4. The zero-order valence-corrected chi connectivity index (χ0v) is 29.3. The van der Waals surface area contributed by atoms with E-state index in [9.17, 15) is 24.3 Å². The molecule has 15 heteroatoms. The van der Waals surface area contributed by atoms with Crippen molar-refractivity contribution in [2.24, 2.45) is 5.73 Å². The molecule has 1 aliphatic heterocycles. The Balaban J connectivity index is 1.43. The number of carbonyl (C=O) groups excluding carboxylic acids is 4. The van der Waals surface area contributed by atoms with Crippen LogP contribution in [0.4, 0.5) is 4.39 Å². The van der Waals surface area contributed by atoms with E-state index < -0.39 is 30.0 Å². The van der Waals surface area contributed by atoms with Crippen LogP contribution < -0.4 is 19.9 Å². The summed E-state index contributed by atoms with van der Waals surface area (Å²) in [6, 6.07) is 4.69. The lowest BCUT2D eigenvalue weighted by molar-refractivity contribution is -0.150. The van der Waals surface area contributed by atoms with Gasteiger partial charge in [0.2, 0.25) is 5.91 Å². The molecule has 12 nitrogen and oxygen atoms in total. The maximum absolute atomic E-state index is 15.7. The van der Waals surface area contributed by atoms with Crippen molar-refractivity contribution < 1.29 is 52.4 Å². The van der Waals surface area contributed by atoms with Crippen molar-refractivity contribution in [3.63, 3.8) is 0 Å². The largest absolute Gasteiger partial charge is 0.496 e. The second-order valence-electron chi connectivity index (χ2n) is 11.4. The number of methoxy groups -OCH3 is 2. The quantitative estimate of drug-likeness (QED) is 0.138. The number of aliphatic hydroxyl groups excluding tert-OH is 1. The van der Waals surface area contributed by atoms with Crippen LogP contribution in [0.2, 0.25) is 5.02 Å². The van der Waals surface area contributed by atoms with Crippen molar-refractivity contribution in [3.8, 4) is 17.2 Å². The molecule has 1 aliphatic rings. The summed E-state index contributed by atoms with van der Waals surface area (Å²) in [7, 11) is 2.79. The van der Waals surface area contributed by atoms with E-state index in [2.05, 4.69) is 0 Å². The molecule has 1 amide bonds. The SMILES string of the molecule is CCOC(=O)CCC(=O)c1cc2c(F)c(OCCC(O)c3c(OC)cc4c(c3Cl)CN(C(=O)CCC(=O)O[C@@H](C)CN)C4)c(OC)cc2s1. The summed E-state index contributed by atoms with van der Waals surface area (Å²) < 4.78 is 42.9. The highest BCUT2D eigenvalue weighted by molar-refractivity contribution is 7.20. The highest BCUT2D eigenvalue weighted by Crippen LogP contribution is 2.43. The third-order valence-electron chi connectivity index (χ3n) is 7.96. The molecule has 0 spiro atoms. The number of halogens is 2. The van der Waals surface area contributed by atoms with E-state index in [-0.39, 0.29) is 103 Å². The Morgan fingerprint density at radius 2 is 1.76 bits per heavy atom. The van der Waals surface area contributed by atoms with Crippen LogP contribution in [0.25, 0.3) is 10.1 Å². The fourth-order valence-electron chi connectivity index (χ4n) is 5.36. The predicted molar refractivity (Wildman–Crippen MR) is 180 cm³/mol. The molecule has 2 atom stereocenters. The average molecular weight is 723 g/mol. The summed E-state index contributed by atoms with van der Waals surface area (Å²) in [6.07, 6.45) is -1.91. The first kappa shape index (κ1) is 37.8. The summed E-state index contributed by atoms with van der Waals surface area (Å²) in [5.74, 6) is -2.07. The number of fused-ring (bicyclic) bond motifs is 2. The molecule has 2 aromatic carbocycles. The van der Waals surface area contributed by atoms with Gasteiger partial charge in [-0.15, -0.1) is 11.3 Å². The monoisotopic (exact) mass is 722 g/mol. The van der Waals surface area contributed by atoms with E-state index in [4.69, 9.17) is 41.0 Å². The Morgan fingerprint density at radius 3 is 2.43 bits per heavy atom. The summed E-state index contributed by atoms with van der Waals surface area (Å²) in [6.45, 7) is 4.03. The molecule has 49 heavy (non-hydrogen) atoms. The van der Waals surface area contributed by atoms with Crippen LogP contribution in [0.15, 0.2) is 18.2 Å². The standard InChI is InChI=1S/C34H40ClFN2O10S/c1-5-46-29(42)8-6-22(39)27-13-20-26(49-27)14-25(45-4)34(33(20)36)47-11-10-23(40)31-24(44-3)12-19-16-38(17-21(19)32(31)35)28(41)7-9-30(43)48-18(2)15-37/h12-14,18,23,40H,5-11,15-17,37H2,1-4H3/t18-,23?/m0/s1. The van der Waals surface area contributed by atoms with Crippen molar-refractivity contribution in [1.82, 2.24) is 4.90 Å². The Hall–Kier alpha value is -3.98. The second-order valence-corrected chi connectivity index (χ2v) is 12.8. The van der Waals surface area contributed by atoms with Gasteiger partial charge in [0.1, 0.15) is 11.9 Å². The van der Waals surface area contributed by atoms with Crippen LogP contribution in [0.3, 0.4) is 0 Å². The summed E-state index contributed by atoms with van der Waals surface area (Å²) in [5, 5.41) is 11.6. The fraction of sp³-hybridized carbons (Fsp3) is 0.471. The molecule has 0 fully saturated rings. The lowest BCUT2D eigenvalue weighted by Gasteiger charge is -2.19. The number of nitrogens with zero attached hydrogens (tertiary/aromatic N) is 1. The van der Waals surface area contributed by atoms with Gasteiger partial charge >= 0.3 is 11.9 Å². The first-order valence-electron chi connectivity index (χ1n) is 15.8. The highest BCUT2D eigenvalue weighted by atomic mass is 35.5. The van der Waals surface area contributed by atoms with Crippen LogP contribution >= 0.6 is 22.9 Å². The minimum atomic E-state index is -1.18. The van der Waals surface area contributed by atoms with Crippen LogP contribution in [-0.2, 0) is 36.9 Å². The molecule has 4 rings (SSSR count). The molecule has 0 bridgehead atoms. The number of thiophene rings is 1. The number of hydrogen-bond acceptors (Lipinski definition) is 12. The number of ether oxygens (including phenoxy) is 5. The summed E-state index contributed by atoms with van der Waals surface area (Å²) >= 11 is 7.86. The normalized spacial score (nSPS) is 13.5. The number of aliphatic hydroxyl groups is 1. The van der Waals surface area contributed by atoms with Gasteiger partial charge in [-0.05, 0) is 37.1 Å². The van der Waals surface area contributed by atoms with Gasteiger partial charge in [0.05, 0.1) is 56.3 Å². The lowest BCUT2D eigenvalue weighted by atomic mass is 9.99. The molecule has 266 valence electrons. The molecule has 0 saturated heterocycles. The number of hydrogen-bond donors (Lipinski definition) is 2. The molecule has 0 radical (unpaired) electrons.